The van der Waals surface area contributed by atoms with Crippen LogP contribution < -0.4 is 10.6 Å². The number of nitrogen functional groups attached to an aromatic ring is 1. The van der Waals surface area contributed by atoms with Gasteiger partial charge < -0.3 is 15.4 Å². The van der Waals surface area contributed by atoms with Crippen molar-refractivity contribution in [2.45, 2.75) is 66.7 Å². The number of fused-ring (bicyclic) bond motifs is 3. The average molecular weight is 536 g/mol. The van der Waals surface area contributed by atoms with E-state index in [1.165, 1.54) is 6.08 Å². The second-order valence-corrected chi connectivity index (χ2v) is 11.1. The number of benzene rings is 1. The third-order valence-electron chi connectivity index (χ3n) is 8.06. The van der Waals surface area contributed by atoms with Crippen LogP contribution >= 0.6 is 11.3 Å². The maximum Gasteiger partial charge on any atom is 0.226 e. The number of ether oxygens (including phenoxy) is 1. The standard InChI is InChI=1S/C29H31F2N5OS/c1-6-14(3)22(24-17(10-32)28(33)38-27(24)21(30)7-2)23-20-13-37-12-19(20)18-11-34-29(35-26(18)25(23)31)36-9-8-15(4)16(36)5/h7,11,15-16H,6,8-9,12-13,33H2,1-5H3/b21-7+,22-14+. The molecule has 0 radical (unpaired) electrons. The molecule has 38 heavy (non-hydrogen) atoms. The Morgan fingerprint density at radius 1 is 1.32 bits per heavy atom. The number of rotatable bonds is 5. The summed E-state index contributed by atoms with van der Waals surface area (Å²) in [7, 11) is 0. The number of nitrogens with two attached hydrogens (primary N) is 1. The second kappa shape index (κ2) is 10.1. The molecule has 1 aromatic carbocycles. The molecular formula is C29H31F2N5OS. The number of anilines is 2. The summed E-state index contributed by atoms with van der Waals surface area (Å²) in [6, 6.07) is 2.38. The number of nitriles is 1. The number of allylic oxidation sites excluding steroid dienone is 2. The minimum Gasteiger partial charge on any atom is -0.389 e. The third-order valence-corrected chi connectivity index (χ3v) is 9.09. The lowest BCUT2D eigenvalue weighted by Crippen LogP contribution is -2.30. The molecule has 3 aromatic rings. The molecule has 4 heterocycles. The molecule has 9 heteroatoms. The van der Waals surface area contributed by atoms with Gasteiger partial charge in [-0.25, -0.2) is 18.7 Å². The fourth-order valence-corrected chi connectivity index (χ4v) is 6.50. The van der Waals surface area contributed by atoms with Crippen molar-refractivity contribution in [3.8, 4) is 6.07 Å². The molecule has 2 aliphatic heterocycles. The van der Waals surface area contributed by atoms with Crippen LogP contribution in [0.5, 0.6) is 0 Å². The van der Waals surface area contributed by atoms with Crippen molar-refractivity contribution in [2.24, 2.45) is 5.92 Å². The molecule has 0 bridgehead atoms. The van der Waals surface area contributed by atoms with Crippen LogP contribution in [-0.4, -0.2) is 22.6 Å². The Kier molecular flexibility index (Phi) is 6.97. The van der Waals surface area contributed by atoms with Crippen LogP contribution in [0.15, 0.2) is 17.8 Å². The molecule has 5 rings (SSSR count). The number of hydrogen-bond donors (Lipinski definition) is 1. The van der Waals surface area contributed by atoms with Crippen molar-refractivity contribution >= 4 is 44.6 Å². The summed E-state index contributed by atoms with van der Waals surface area (Å²) in [5, 5.41) is 10.8. The zero-order valence-corrected chi connectivity index (χ0v) is 23.1. The Morgan fingerprint density at radius 3 is 2.68 bits per heavy atom. The van der Waals surface area contributed by atoms with Crippen molar-refractivity contribution in [3.63, 3.8) is 0 Å². The highest BCUT2D eigenvalue weighted by Gasteiger charge is 2.34. The summed E-state index contributed by atoms with van der Waals surface area (Å²) >= 11 is 1.00. The normalized spacial score (nSPS) is 20.2. The summed E-state index contributed by atoms with van der Waals surface area (Å²) < 4.78 is 37.8. The van der Waals surface area contributed by atoms with Gasteiger partial charge in [-0.05, 0) is 56.2 Å². The number of thiophene rings is 1. The SMILES string of the molecule is C/C=C(/F)c1sc(N)c(C#N)c1/C(=C(\C)CC)c1c2c(c3cnc(N4CCC(C)C4C)nc3c1F)COC2. The van der Waals surface area contributed by atoms with E-state index < -0.39 is 11.6 Å². The second-order valence-electron chi connectivity index (χ2n) is 10.1. The lowest BCUT2D eigenvalue weighted by Gasteiger charge is -2.24. The zero-order chi connectivity index (χ0) is 27.3. The van der Waals surface area contributed by atoms with Crippen LogP contribution in [0.3, 0.4) is 0 Å². The molecule has 198 valence electrons. The molecule has 2 atom stereocenters. The average Bonchev–Trinajstić information content (AvgIpc) is 3.62. The zero-order valence-electron chi connectivity index (χ0n) is 22.3. The number of nitrogens with zero attached hydrogens (tertiary/aromatic N) is 4. The lowest BCUT2D eigenvalue weighted by atomic mass is 9.85. The predicted octanol–water partition coefficient (Wildman–Crippen LogP) is 7.11. The first-order valence-electron chi connectivity index (χ1n) is 12.9. The summed E-state index contributed by atoms with van der Waals surface area (Å²) in [4.78, 5) is 11.7. The van der Waals surface area contributed by atoms with Crippen molar-refractivity contribution in [1.29, 1.82) is 5.26 Å². The molecule has 1 saturated heterocycles. The van der Waals surface area contributed by atoms with Crippen LogP contribution in [0.25, 0.3) is 22.3 Å². The molecule has 1 fully saturated rings. The van der Waals surface area contributed by atoms with Gasteiger partial charge in [0.05, 0.1) is 23.7 Å². The molecule has 2 N–H and O–H groups in total. The molecule has 2 aliphatic rings. The van der Waals surface area contributed by atoms with Gasteiger partial charge in [0.25, 0.3) is 0 Å². The number of aromatic nitrogens is 2. The molecule has 2 unspecified atom stereocenters. The molecule has 0 spiro atoms. The van der Waals surface area contributed by atoms with Crippen LogP contribution in [0.4, 0.5) is 19.7 Å². The monoisotopic (exact) mass is 535 g/mol. The first kappa shape index (κ1) is 26.3. The molecule has 0 saturated carbocycles. The fourth-order valence-electron chi connectivity index (χ4n) is 5.51. The van der Waals surface area contributed by atoms with E-state index in [2.05, 4.69) is 29.8 Å². The molecule has 6 nitrogen and oxygen atoms in total. The van der Waals surface area contributed by atoms with Gasteiger partial charge in [-0.1, -0.05) is 25.5 Å². The van der Waals surface area contributed by atoms with E-state index in [0.29, 0.717) is 52.5 Å². The minimum atomic E-state index is -0.518. The Labute approximate surface area is 225 Å². The van der Waals surface area contributed by atoms with Gasteiger partial charge in [-0.15, -0.1) is 11.3 Å². The summed E-state index contributed by atoms with van der Waals surface area (Å²) in [6.45, 7) is 11.0. The largest absolute Gasteiger partial charge is 0.389 e. The first-order chi connectivity index (χ1) is 18.2. The summed E-state index contributed by atoms with van der Waals surface area (Å²) in [6.07, 6.45) is 4.61. The summed E-state index contributed by atoms with van der Waals surface area (Å²) in [5.41, 5.74) is 9.97. The maximum atomic E-state index is 16.8. The van der Waals surface area contributed by atoms with Crippen LogP contribution in [-0.2, 0) is 18.0 Å². The van der Waals surface area contributed by atoms with E-state index in [-0.39, 0.29) is 33.6 Å². The van der Waals surface area contributed by atoms with E-state index >= 15 is 8.78 Å². The van der Waals surface area contributed by atoms with Gasteiger partial charge in [0.1, 0.15) is 22.4 Å². The number of hydrogen-bond acceptors (Lipinski definition) is 7. The van der Waals surface area contributed by atoms with E-state index in [1.807, 2.05) is 13.8 Å². The van der Waals surface area contributed by atoms with Crippen LogP contribution in [0.1, 0.15) is 80.2 Å². The Balaban J connectivity index is 1.85. The van der Waals surface area contributed by atoms with Crippen molar-refractivity contribution in [2.75, 3.05) is 17.2 Å². The fraction of sp³-hybridized carbons (Fsp3) is 0.414. The topological polar surface area (TPSA) is 88.1 Å². The van der Waals surface area contributed by atoms with E-state index in [0.717, 1.165) is 35.4 Å². The highest BCUT2D eigenvalue weighted by Crippen LogP contribution is 2.47. The van der Waals surface area contributed by atoms with E-state index in [1.54, 1.807) is 13.1 Å². The van der Waals surface area contributed by atoms with E-state index in [4.69, 9.17) is 15.5 Å². The van der Waals surface area contributed by atoms with Gasteiger partial charge in [0.15, 0.2) is 5.82 Å². The Bertz CT molecular complexity index is 1550. The van der Waals surface area contributed by atoms with Crippen molar-refractivity contribution in [1.82, 2.24) is 9.97 Å². The minimum absolute atomic E-state index is 0.153. The summed E-state index contributed by atoms with van der Waals surface area (Å²) in [5.74, 6) is -0.0428. The van der Waals surface area contributed by atoms with Crippen molar-refractivity contribution in [3.05, 3.63) is 56.4 Å². The molecular weight excluding hydrogens is 504 g/mol. The highest BCUT2D eigenvalue weighted by molar-refractivity contribution is 7.17. The Morgan fingerprint density at radius 2 is 2.05 bits per heavy atom. The smallest absolute Gasteiger partial charge is 0.226 e. The van der Waals surface area contributed by atoms with Gasteiger partial charge in [0.2, 0.25) is 5.95 Å². The first-order valence-corrected chi connectivity index (χ1v) is 13.7. The van der Waals surface area contributed by atoms with Crippen LogP contribution in [0.2, 0.25) is 0 Å². The molecule has 0 aliphatic carbocycles. The van der Waals surface area contributed by atoms with Crippen LogP contribution in [0, 0.1) is 23.1 Å². The molecule has 2 aromatic heterocycles. The van der Waals surface area contributed by atoms with Gasteiger partial charge in [-0.3, -0.25) is 0 Å². The van der Waals surface area contributed by atoms with Gasteiger partial charge >= 0.3 is 0 Å². The highest BCUT2D eigenvalue weighted by atomic mass is 32.1. The third kappa shape index (κ3) is 3.98. The Hall–Kier alpha value is -3.35. The maximum absolute atomic E-state index is 16.8. The number of halogens is 2. The van der Waals surface area contributed by atoms with E-state index in [9.17, 15) is 5.26 Å². The lowest BCUT2D eigenvalue weighted by molar-refractivity contribution is 0.134. The predicted molar refractivity (Wildman–Crippen MR) is 149 cm³/mol. The van der Waals surface area contributed by atoms with Gasteiger partial charge in [-0.2, -0.15) is 5.26 Å². The quantitative estimate of drug-likeness (QED) is 0.375. The molecule has 0 amide bonds. The van der Waals surface area contributed by atoms with Gasteiger partial charge in [0, 0.05) is 35.3 Å². The van der Waals surface area contributed by atoms with Crippen molar-refractivity contribution < 1.29 is 13.5 Å².